The van der Waals surface area contributed by atoms with E-state index in [0.717, 1.165) is 0 Å². The molecule has 0 aromatic heterocycles. The molecule has 2 atom stereocenters. The summed E-state index contributed by atoms with van der Waals surface area (Å²) in [6.07, 6.45) is 5.11. The van der Waals surface area contributed by atoms with Crippen LogP contribution in [0, 0.1) is 6.92 Å². The number of hydrogen-bond donors (Lipinski definition) is 0. The van der Waals surface area contributed by atoms with Gasteiger partial charge in [0.15, 0.2) is 11.2 Å². The van der Waals surface area contributed by atoms with Crippen LogP contribution < -0.4 is 0 Å². The lowest BCUT2D eigenvalue weighted by atomic mass is 10.0. The van der Waals surface area contributed by atoms with E-state index < -0.39 is 0 Å². The summed E-state index contributed by atoms with van der Waals surface area (Å²) in [5.74, 6) is 1.33. The zero-order valence-corrected chi connectivity index (χ0v) is 9.98. The smallest absolute Gasteiger partial charge is 0.108 e. The molecule has 0 N–H and O–H groups in total. The standard InChI is InChI=1S/C13H17OS/c1-11-3-5-12(6-4-11)7-9-13-8-2-10-15(13)14-13/h3-6H,2,7-10H2,1H3/q+1. The number of rotatable bonds is 3. The highest BCUT2D eigenvalue weighted by atomic mass is 32.2. The molecule has 2 heterocycles. The van der Waals surface area contributed by atoms with Gasteiger partial charge in [-0.25, -0.2) is 0 Å². The van der Waals surface area contributed by atoms with Crippen LogP contribution in [0.5, 0.6) is 0 Å². The molecule has 15 heavy (non-hydrogen) atoms. The first-order valence-corrected chi connectivity index (χ1v) is 7.06. The van der Waals surface area contributed by atoms with Crippen LogP contribution in [-0.4, -0.2) is 10.7 Å². The molecular weight excluding hydrogens is 204 g/mol. The normalized spacial score (nSPS) is 32.7. The van der Waals surface area contributed by atoms with Crippen LogP contribution >= 0.6 is 0 Å². The maximum absolute atomic E-state index is 5.81. The maximum Gasteiger partial charge on any atom is 0.308 e. The Hall–Kier alpha value is -0.470. The molecule has 0 radical (unpaired) electrons. The molecule has 2 aliphatic rings. The quantitative estimate of drug-likeness (QED) is 0.564. The Bertz CT molecular complexity index is 359. The molecule has 2 aliphatic heterocycles. The Labute approximate surface area is 94.4 Å². The molecule has 80 valence electrons. The lowest BCUT2D eigenvalue weighted by molar-refractivity contribution is 0.278. The van der Waals surface area contributed by atoms with E-state index in [9.17, 15) is 0 Å². The molecule has 0 amide bonds. The van der Waals surface area contributed by atoms with E-state index in [-0.39, 0.29) is 0 Å². The molecule has 0 bridgehead atoms. The van der Waals surface area contributed by atoms with Gasteiger partial charge in [-0.3, -0.25) is 0 Å². The first-order valence-electron chi connectivity index (χ1n) is 5.75. The number of hydrogen-bond acceptors (Lipinski definition) is 1. The molecule has 2 saturated heterocycles. The Morgan fingerprint density at radius 2 is 2.13 bits per heavy atom. The van der Waals surface area contributed by atoms with E-state index in [1.165, 1.54) is 42.6 Å². The van der Waals surface area contributed by atoms with Gasteiger partial charge in [0.1, 0.15) is 5.75 Å². The summed E-state index contributed by atoms with van der Waals surface area (Å²) in [4.78, 5) is 0.338. The summed E-state index contributed by atoms with van der Waals surface area (Å²) in [6, 6.07) is 8.91. The van der Waals surface area contributed by atoms with Gasteiger partial charge in [-0.1, -0.05) is 29.8 Å². The van der Waals surface area contributed by atoms with Crippen molar-refractivity contribution in [3.05, 3.63) is 35.4 Å². The van der Waals surface area contributed by atoms with Gasteiger partial charge in [-0.15, -0.1) is 4.18 Å². The number of aryl methyl sites for hydroxylation is 2. The summed E-state index contributed by atoms with van der Waals surface area (Å²) >= 11 is 0.357. The Balaban J connectivity index is 1.60. The summed E-state index contributed by atoms with van der Waals surface area (Å²) in [5, 5.41) is 0. The largest absolute Gasteiger partial charge is 0.308 e. The van der Waals surface area contributed by atoms with Crippen molar-refractivity contribution in [1.29, 1.82) is 0 Å². The molecule has 0 aliphatic carbocycles. The predicted octanol–water partition coefficient (Wildman–Crippen LogP) is 2.98. The molecule has 2 heteroatoms. The predicted molar refractivity (Wildman–Crippen MR) is 64.8 cm³/mol. The third kappa shape index (κ3) is 1.81. The maximum atomic E-state index is 5.81. The van der Waals surface area contributed by atoms with Crippen LogP contribution in [0.4, 0.5) is 0 Å². The van der Waals surface area contributed by atoms with Gasteiger partial charge < -0.3 is 0 Å². The highest BCUT2D eigenvalue weighted by molar-refractivity contribution is 7.99. The Morgan fingerprint density at radius 1 is 1.33 bits per heavy atom. The molecule has 3 rings (SSSR count). The third-order valence-corrected chi connectivity index (χ3v) is 5.79. The molecule has 2 unspecified atom stereocenters. The molecule has 0 saturated carbocycles. The van der Waals surface area contributed by atoms with E-state index in [4.69, 9.17) is 4.18 Å². The fraction of sp³-hybridized carbons (Fsp3) is 0.538. The van der Waals surface area contributed by atoms with Crippen LogP contribution in [0.3, 0.4) is 0 Å². The van der Waals surface area contributed by atoms with E-state index in [1.807, 2.05) is 0 Å². The highest BCUT2D eigenvalue weighted by Crippen LogP contribution is 2.53. The van der Waals surface area contributed by atoms with Crippen LogP contribution in [0.25, 0.3) is 0 Å². The monoisotopic (exact) mass is 221 g/mol. The summed E-state index contributed by atoms with van der Waals surface area (Å²) in [7, 11) is 0. The second-order valence-corrected chi connectivity index (χ2v) is 6.64. The molecular formula is C13H17OS+. The second kappa shape index (κ2) is 3.53. The van der Waals surface area contributed by atoms with Crippen LogP contribution in [0.15, 0.2) is 24.3 Å². The zero-order chi connectivity index (χ0) is 10.3. The second-order valence-electron chi connectivity index (χ2n) is 4.63. The van der Waals surface area contributed by atoms with Crippen molar-refractivity contribution in [2.24, 2.45) is 0 Å². The Morgan fingerprint density at radius 3 is 2.73 bits per heavy atom. The van der Waals surface area contributed by atoms with Gasteiger partial charge in [-0.2, -0.15) is 0 Å². The van der Waals surface area contributed by atoms with E-state index >= 15 is 0 Å². The van der Waals surface area contributed by atoms with Crippen molar-refractivity contribution >= 4 is 11.2 Å². The van der Waals surface area contributed by atoms with Gasteiger partial charge in [0.2, 0.25) is 0 Å². The molecule has 2 fully saturated rings. The SMILES string of the molecule is Cc1ccc(CCC23CCC[S+]2O3)cc1. The van der Waals surface area contributed by atoms with Crippen molar-refractivity contribution < 1.29 is 4.18 Å². The summed E-state index contributed by atoms with van der Waals surface area (Å²) in [6.45, 7) is 2.14. The molecule has 1 aromatic carbocycles. The van der Waals surface area contributed by atoms with Gasteiger partial charge >= 0.3 is 4.93 Å². The zero-order valence-electron chi connectivity index (χ0n) is 9.16. The van der Waals surface area contributed by atoms with E-state index in [0.29, 0.717) is 16.1 Å². The summed E-state index contributed by atoms with van der Waals surface area (Å²) < 4.78 is 5.81. The minimum atomic E-state index is 0.338. The number of fused-ring (bicyclic) bond motifs is 1. The van der Waals surface area contributed by atoms with Crippen molar-refractivity contribution in [2.75, 3.05) is 5.75 Å². The fourth-order valence-electron chi connectivity index (χ4n) is 2.39. The van der Waals surface area contributed by atoms with Crippen molar-refractivity contribution in [2.45, 2.75) is 37.5 Å². The topological polar surface area (TPSA) is 12.5 Å². The van der Waals surface area contributed by atoms with Crippen molar-refractivity contribution in [3.8, 4) is 0 Å². The fourth-order valence-corrected chi connectivity index (χ4v) is 4.60. The lowest BCUT2D eigenvalue weighted by Crippen LogP contribution is -2.09. The first kappa shape index (κ1) is 9.73. The van der Waals surface area contributed by atoms with Gasteiger partial charge in [0.05, 0.1) is 0 Å². The van der Waals surface area contributed by atoms with Crippen LogP contribution in [0.1, 0.15) is 30.4 Å². The number of benzene rings is 1. The van der Waals surface area contributed by atoms with Crippen molar-refractivity contribution in [1.82, 2.24) is 0 Å². The molecule has 1 aromatic rings. The third-order valence-electron chi connectivity index (χ3n) is 3.44. The van der Waals surface area contributed by atoms with Gasteiger partial charge in [0.25, 0.3) is 0 Å². The average Bonchev–Trinajstić information content (AvgIpc) is 2.80. The highest BCUT2D eigenvalue weighted by Gasteiger charge is 2.73. The molecule has 0 spiro atoms. The first-order chi connectivity index (χ1) is 7.28. The minimum absolute atomic E-state index is 0.338. The Kier molecular flexibility index (Phi) is 2.29. The average molecular weight is 221 g/mol. The lowest BCUT2D eigenvalue weighted by Gasteiger charge is -2.01. The van der Waals surface area contributed by atoms with Gasteiger partial charge in [-0.05, 0) is 18.9 Å². The van der Waals surface area contributed by atoms with Crippen molar-refractivity contribution in [3.63, 3.8) is 0 Å². The van der Waals surface area contributed by atoms with Gasteiger partial charge in [0, 0.05) is 19.3 Å². The van der Waals surface area contributed by atoms with E-state index in [1.54, 1.807) is 0 Å². The van der Waals surface area contributed by atoms with E-state index in [2.05, 4.69) is 31.2 Å². The van der Waals surface area contributed by atoms with Crippen LogP contribution in [0.2, 0.25) is 0 Å². The molecule has 1 nitrogen and oxygen atoms in total. The minimum Gasteiger partial charge on any atom is -0.108 e. The summed E-state index contributed by atoms with van der Waals surface area (Å²) in [5.41, 5.74) is 2.81. The van der Waals surface area contributed by atoms with Crippen LogP contribution in [-0.2, 0) is 21.8 Å².